The fourth-order valence-electron chi connectivity index (χ4n) is 3.74. The number of hydrogen-bond acceptors (Lipinski definition) is 4. The molecule has 0 heterocycles. The van der Waals surface area contributed by atoms with Crippen molar-refractivity contribution in [2.24, 2.45) is 17.8 Å². The van der Waals surface area contributed by atoms with Gasteiger partial charge in [0.2, 0.25) is 0 Å². The first-order valence-electron chi connectivity index (χ1n) is 10.2. The van der Waals surface area contributed by atoms with Crippen LogP contribution in [0.3, 0.4) is 0 Å². The summed E-state index contributed by atoms with van der Waals surface area (Å²) in [5.41, 5.74) is 0. The van der Waals surface area contributed by atoms with Gasteiger partial charge in [0.15, 0.2) is 0 Å². The highest BCUT2D eigenvalue weighted by molar-refractivity contribution is 5.70. The molecule has 2 N–H and O–H groups in total. The fourth-order valence-corrected chi connectivity index (χ4v) is 3.74. The van der Waals surface area contributed by atoms with Gasteiger partial charge in [0.25, 0.3) is 0 Å². The van der Waals surface area contributed by atoms with Crippen LogP contribution in [0.4, 0.5) is 0 Å². The van der Waals surface area contributed by atoms with Crippen LogP contribution in [0.1, 0.15) is 59.3 Å². The number of allylic oxidation sites excluding steroid dienone is 1. The summed E-state index contributed by atoms with van der Waals surface area (Å²) in [5.74, 6) is -5.29. The zero-order valence-electron chi connectivity index (χ0n) is 17.6. The largest absolute Gasteiger partial charge is 0.550 e. The number of carbonyl (C=O) groups is 3. The van der Waals surface area contributed by atoms with Crippen molar-refractivity contribution in [3.8, 4) is 0 Å². The number of carboxylic acids is 3. The van der Waals surface area contributed by atoms with Crippen LogP contribution < -0.4 is 5.11 Å². The Hall–Kier alpha value is -1.89. The smallest absolute Gasteiger partial charge is 0.311 e. The van der Waals surface area contributed by atoms with E-state index in [2.05, 4.69) is 6.58 Å². The van der Waals surface area contributed by atoms with Crippen LogP contribution in [0, 0.1) is 17.8 Å². The van der Waals surface area contributed by atoms with Crippen LogP contribution in [-0.2, 0) is 14.4 Å². The molecule has 162 valence electrons. The van der Waals surface area contributed by atoms with Crippen LogP contribution in [0.5, 0.6) is 0 Å². The molecule has 7 nitrogen and oxygen atoms in total. The van der Waals surface area contributed by atoms with E-state index in [9.17, 15) is 29.7 Å². The summed E-state index contributed by atoms with van der Waals surface area (Å²) in [7, 11) is 0. The molecular formula is C21H37NO6. The average molecular weight is 400 g/mol. The maximum Gasteiger partial charge on any atom is 0.311 e. The Kier molecular flexibility index (Phi) is 12.4. The summed E-state index contributed by atoms with van der Waals surface area (Å²) in [6.07, 6.45) is 7.81. The molecule has 28 heavy (non-hydrogen) atoms. The molecule has 0 aliphatic carbocycles. The highest BCUT2D eigenvalue weighted by atomic mass is 16.4. The fraction of sp³-hybridized carbons (Fsp3) is 0.762. The third-order valence-electron chi connectivity index (χ3n) is 5.27. The van der Waals surface area contributed by atoms with Gasteiger partial charge in [0.1, 0.15) is 11.8 Å². The minimum atomic E-state index is -1.20. The summed E-state index contributed by atoms with van der Waals surface area (Å²) in [6.45, 7) is 9.56. The number of carboxylic acid groups (broad SMARTS) is 3. The molecule has 0 saturated carbocycles. The predicted molar refractivity (Wildman–Crippen MR) is 105 cm³/mol. The number of quaternary nitrogens is 1. The third-order valence-corrected chi connectivity index (χ3v) is 5.27. The Morgan fingerprint density at radius 2 is 1.29 bits per heavy atom. The summed E-state index contributed by atoms with van der Waals surface area (Å²) in [6, 6.07) is 0. The molecule has 0 amide bonds. The van der Waals surface area contributed by atoms with Crippen molar-refractivity contribution in [2.45, 2.75) is 59.3 Å². The number of unbranched alkanes of at least 4 members (excludes halogenated alkanes) is 5. The highest BCUT2D eigenvalue weighted by Crippen LogP contribution is 2.21. The number of rotatable bonds is 17. The van der Waals surface area contributed by atoms with Crippen molar-refractivity contribution in [1.82, 2.24) is 0 Å². The lowest BCUT2D eigenvalue weighted by molar-refractivity contribution is -0.934. The third kappa shape index (κ3) is 10.4. The van der Waals surface area contributed by atoms with Crippen LogP contribution in [0.15, 0.2) is 12.7 Å². The first-order valence-corrected chi connectivity index (χ1v) is 10.2. The minimum absolute atomic E-state index is 0.169. The first-order chi connectivity index (χ1) is 13.0. The van der Waals surface area contributed by atoms with E-state index in [1.54, 1.807) is 13.8 Å². The van der Waals surface area contributed by atoms with Gasteiger partial charge in [-0.25, -0.2) is 0 Å². The molecule has 0 aromatic heterocycles. The molecule has 3 unspecified atom stereocenters. The number of hydrogen-bond donors (Lipinski definition) is 2. The Labute approximate surface area is 168 Å². The summed E-state index contributed by atoms with van der Waals surface area (Å²) in [4.78, 5) is 34.2. The Morgan fingerprint density at radius 1 is 0.857 bits per heavy atom. The van der Waals surface area contributed by atoms with Gasteiger partial charge in [0.05, 0.1) is 26.2 Å². The molecule has 0 radical (unpaired) electrons. The van der Waals surface area contributed by atoms with Gasteiger partial charge >= 0.3 is 11.9 Å². The van der Waals surface area contributed by atoms with E-state index in [1.807, 2.05) is 6.08 Å². The molecular weight excluding hydrogens is 362 g/mol. The van der Waals surface area contributed by atoms with Gasteiger partial charge in [-0.3, -0.25) is 9.59 Å². The maximum atomic E-state index is 11.4. The summed E-state index contributed by atoms with van der Waals surface area (Å²) >= 11 is 0. The topological polar surface area (TPSA) is 115 Å². The first kappa shape index (κ1) is 26.1. The normalized spacial score (nSPS) is 16.5. The number of aliphatic carboxylic acids is 3. The molecule has 0 aromatic rings. The van der Waals surface area contributed by atoms with E-state index in [-0.39, 0.29) is 24.1 Å². The van der Waals surface area contributed by atoms with Crippen LogP contribution in [0.25, 0.3) is 0 Å². The second-order valence-electron chi connectivity index (χ2n) is 8.16. The van der Waals surface area contributed by atoms with Crippen LogP contribution in [-0.4, -0.2) is 58.8 Å². The highest BCUT2D eigenvalue weighted by Gasteiger charge is 2.36. The van der Waals surface area contributed by atoms with Gasteiger partial charge in [0, 0.05) is 11.9 Å². The molecule has 0 aliphatic heterocycles. The van der Waals surface area contributed by atoms with E-state index in [1.165, 1.54) is 6.92 Å². The van der Waals surface area contributed by atoms with Crippen molar-refractivity contribution in [3.05, 3.63) is 12.7 Å². The quantitative estimate of drug-likeness (QED) is 0.220. The van der Waals surface area contributed by atoms with Gasteiger partial charge in [-0.2, -0.15) is 0 Å². The van der Waals surface area contributed by atoms with Crippen molar-refractivity contribution < 1.29 is 34.2 Å². The predicted octanol–water partition coefficient (Wildman–Crippen LogP) is 2.16. The van der Waals surface area contributed by atoms with E-state index >= 15 is 0 Å². The number of carbonyl (C=O) groups excluding carboxylic acids is 1. The van der Waals surface area contributed by atoms with E-state index in [0.29, 0.717) is 6.54 Å². The molecule has 0 aromatic carbocycles. The van der Waals surface area contributed by atoms with Crippen molar-refractivity contribution in [1.29, 1.82) is 0 Å². The van der Waals surface area contributed by atoms with Crippen molar-refractivity contribution >= 4 is 17.9 Å². The Morgan fingerprint density at radius 3 is 1.71 bits per heavy atom. The van der Waals surface area contributed by atoms with Gasteiger partial charge < -0.3 is 24.6 Å². The zero-order chi connectivity index (χ0) is 21.7. The Bertz CT molecular complexity index is 464. The second-order valence-corrected chi connectivity index (χ2v) is 8.16. The molecule has 3 atom stereocenters. The van der Waals surface area contributed by atoms with Gasteiger partial charge in [-0.05, 0) is 39.5 Å². The molecule has 0 saturated heterocycles. The minimum Gasteiger partial charge on any atom is -0.550 e. The molecule has 0 aliphatic rings. The van der Waals surface area contributed by atoms with Crippen LogP contribution >= 0.6 is 0 Å². The van der Waals surface area contributed by atoms with Gasteiger partial charge in [-0.15, -0.1) is 6.58 Å². The Balaban J connectivity index is 5.30. The number of nitrogens with zero attached hydrogens (tertiary/aromatic N) is 1. The molecule has 0 rings (SSSR count). The monoisotopic (exact) mass is 399 g/mol. The van der Waals surface area contributed by atoms with E-state index < -0.39 is 35.7 Å². The maximum absolute atomic E-state index is 11.4. The SMILES string of the molecule is C=CCCCCCCC[N+](CC(C)C(=O)[O-])(CC(C)C(=O)O)CC(C)C(=O)O. The van der Waals surface area contributed by atoms with Crippen molar-refractivity contribution in [2.75, 3.05) is 26.2 Å². The molecule has 0 bridgehead atoms. The van der Waals surface area contributed by atoms with Gasteiger partial charge in [-0.1, -0.05) is 25.8 Å². The van der Waals surface area contributed by atoms with E-state index in [0.717, 1.165) is 38.5 Å². The molecule has 0 spiro atoms. The second kappa shape index (κ2) is 13.3. The molecule has 7 heteroatoms. The summed E-state index contributed by atoms with van der Waals surface area (Å²) < 4.78 is 0.169. The van der Waals surface area contributed by atoms with E-state index in [4.69, 9.17) is 0 Å². The standard InChI is InChI=1S/C21H37NO6/c1-5-6-7-8-9-10-11-12-22(13-16(2)19(23)24,14-17(3)20(25)26)15-18(4)21(27)28/h5,16-18H,1,6-15H2,2-4H3,(H2-,23,24,25,26,27,28). The van der Waals surface area contributed by atoms with Crippen molar-refractivity contribution in [3.63, 3.8) is 0 Å². The lowest BCUT2D eigenvalue weighted by atomic mass is 10.0. The molecule has 0 fully saturated rings. The average Bonchev–Trinajstić information content (AvgIpc) is 2.60. The lowest BCUT2D eigenvalue weighted by Gasteiger charge is -2.43. The lowest BCUT2D eigenvalue weighted by Crippen LogP contribution is -2.58. The zero-order valence-corrected chi connectivity index (χ0v) is 17.6. The van der Waals surface area contributed by atoms with Crippen LogP contribution in [0.2, 0.25) is 0 Å². The summed E-state index contributed by atoms with van der Waals surface area (Å²) in [5, 5.41) is 30.1.